The van der Waals surface area contributed by atoms with Crippen LogP contribution in [-0.4, -0.2) is 32.2 Å². The zero-order valence-electron chi connectivity index (χ0n) is 6.84. The Labute approximate surface area is 66.7 Å². The average Bonchev–Trinajstić information content (AvgIpc) is 1.85. The maximum absolute atomic E-state index is 10.8. The number of carbonyl (C=O) groups is 1. The lowest BCUT2D eigenvalue weighted by molar-refractivity contribution is -0.130. The third-order valence-electron chi connectivity index (χ3n) is 1.84. The normalized spacial score (nSPS) is 17.9. The van der Waals surface area contributed by atoms with E-state index in [1.165, 1.54) is 13.5 Å². The number of hydrogen-bond donors (Lipinski definition) is 0. The molecular weight excluding hydrogens is 144 g/mol. The molecule has 0 aromatic heterocycles. The van der Waals surface area contributed by atoms with E-state index in [0.717, 1.165) is 12.8 Å². The molecule has 0 heterocycles. The minimum Gasteiger partial charge on any atom is -0.377 e. The fraction of sp³-hybridized carbons (Fsp3) is 0.875. The predicted octanol–water partition coefficient (Wildman–Crippen LogP) is 0.771. The summed E-state index contributed by atoms with van der Waals surface area (Å²) in [6, 6.07) is 0. The zero-order chi connectivity index (χ0) is 8.10. The first kappa shape index (κ1) is 8.68. The topological polar surface area (TPSA) is 35.5 Å². The highest BCUT2D eigenvalue weighted by molar-refractivity contribution is 5.80. The Bertz CT molecular complexity index is 129. The standard InChI is InChI=1S/C8H14O3/c1-10-5-7(9)6-11-8-3-2-4-8/h8H,2-6H2,1H3. The van der Waals surface area contributed by atoms with Gasteiger partial charge in [0.15, 0.2) is 5.78 Å². The van der Waals surface area contributed by atoms with Crippen LogP contribution in [0.25, 0.3) is 0 Å². The van der Waals surface area contributed by atoms with Crippen molar-refractivity contribution in [3.8, 4) is 0 Å². The van der Waals surface area contributed by atoms with Crippen LogP contribution in [0.4, 0.5) is 0 Å². The Hall–Kier alpha value is -0.410. The van der Waals surface area contributed by atoms with Gasteiger partial charge in [-0.05, 0) is 19.3 Å². The van der Waals surface area contributed by atoms with E-state index < -0.39 is 0 Å². The average molecular weight is 158 g/mol. The van der Waals surface area contributed by atoms with Gasteiger partial charge < -0.3 is 9.47 Å². The largest absolute Gasteiger partial charge is 0.377 e. The highest BCUT2D eigenvalue weighted by atomic mass is 16.5. The Balaban J connectivity index is 1.96. The van der Waals surface area contributed by atoms with Crippen molar-refractivity contribution in [2.45, 2.75) is 25.4 Å². The van der Waals surface area contributed by atoms with Gasteiger partial charge in [-0.1, -0.05) is 0 Å². The Kier molecular flexibility index (Phi) is 3.52. The van der Waals surface area contributed by atoms with Crippen molar-refractivity contribution < 1.29 is 14.3 Å². The molecule has 3 nitrogen and oxygen atoms in total. The van der Waals surface area contributed by atoms with Crippen molar-refractivity contribution in [2.75, 3.05) is 20.3 Å². The molecule has 0 aromatic rings. The second-order valence-corrected chi connectivity index (χ2v) is 2.84. The minimum atomic E-state index is 0.0272. The summed E-state index contributed by atoms with van der Waals surface area (Å²) in [7, 11) is 1.52. The van der Waals surface area contributed by atoms with E-state index >= 15 is 0 Å². The van der Waals surface area contributed by atoms with Gasteiger partial charge >= 0.3 is 0 Å². The van der Waals surface area contributed by atoms with Gasteiger partial charge in [-0.15, -0.1) is 0 Å². The molecule has 0 saturated heterocycles. The van der Waals surface area contributed by atoms with Crippen LogP contribution < -0.4 is 0 Å². The van der Waals surface area contributed by atoms with Gasteiger partial charge in [0, 0.05) is 7.11 Å². The lowest BCUT2D eigenvalue weighted by Gasteiger charge is -2.24. The van der Waals surface area contributed by atoms with Crippen molar-refractivity contribution in [1.82, 2.24) is 0 Å². The van der Waals surface area contributed by atoms with E-state index in [2.05, 4.69) is 4.74 Å². The quantitative estimate of drug-likeness (QED) is 0.593. The second kappa shape index (κ2) is 4.46. The summed E-state index contributed by atoms with van der Waals surface area (Å²) in [5.74, 6) is 0.0272. The van der Waals surface area contributed by atoms with Gasteiger partial charge in [-0.25, -0.2) is 0 Å². The van der Waals surface area contributed by atoms with Crippen LogP contribution in [0.2, 0.25) is 0 Å². The van der Waals surface area contributed by atoms with E-state index in [0.29, 0.717) is 6.10 Å². The number of hydrogen-bond acceptors (Lipinski definition) is 3. The highest BCUT2D eigenvalue weighted by Gasteiger charge is 2.18. The molecule has 3 heteroatoms. The summed E-state index contributed by atoms with van der Waals surface area (Å²) in [4.78, 5) is 10.8. The smallest absolute Gasteiger partial charge is 0.183 e. The summed E-state index contributed by atoms with van der Waals surface area (Å²) in [6.45, 7) is 0.394. The van der Waals surface area contributed by atoms with Crippen LogP contribution in [0.3, 0.4) is 0 Å². The molecule has 0 atom stereocenters. The molecule has 0 unspecified atom stereocenters. The molecule has 0 N–H and O–H groups in total. The molecule has 0 spiro atoms. The summed E-state index contributed by atoms with van der Waals surface area (Å²) in [5.41, 5.74) is 0. The molecule has 0 aromatic carbocycles. The number of methoxy groups -OCH3 is 1. The maximum Gasteiger partial charge on any atom is 0.183 e. The van der Waals surface area contributed by atoms with Gasteiger partial charge in [-0.3, -0.25) is 4.79 Å². The third kappa shape index (κ3) is 2.99. The molecule has 0 bridgehead atoms. The number of ether oxygens (including phenoxy) is 2. The first-order valence-corrected chi connectivity index (χ1v) is 3.95. The van der Waals surface area contributed by atoms with Crippen molar-refractivity contribution >= 4 is 5.78 Å². The minimum absolute atomic E-state index is 0.0272. The number of rotatable bonds is 5. The molecular formula is C8H14O3. The third-order valence-corrected chi connectivity index (χ3v) is 1.84. The molecule has 1 saturated carbocycles. The first-order chi connectivity index (χ1) is 5.33. The lowest BCUT2D eigenvalue weighted by Crippen LogP contribution is -2.26. The number of carbonyl (C=O) groups excluding carboxylic acids is 1. The van der Waals surface area contributed by atoms with Gasteiger partial charge in [0.25, 0.3) is 0 Å². The monoisotopic (exact) mass is 158 g/mol. The summed E-state index contributed by atoms with van der Waals surface area (Å²) in [6.07, 6.45) is 3.81. The van der Waals surface area contributed by atoms with Crippen LogP contribution >= 0.6 is 0 Å². The van der Waals surface area contributed by atoms with Gasteiger partial charge in [-0.2, -0.15) is 0 Å². The van der Waals surface area contributed by atoms with Gasteiger partial charge in [0.2, 0.25) is 0 Å². The molecule has 0 aliphatic heterocycles. The summed E-state index contributed by atoms with van der Waals surface area (Å²) < 4.78 is 9.92. The molecule has 11 heavy (non-hydrogen) atoms. The molecule has 0 amide bonds. The molecule has 1 rings (SSSR count). The van der Waals surface area contributed by atoms with Crippen molar-refractivity contribution in [3.05, 3.63) is 0 Å². The molecule has 64 valence electrons. The van der Waals surface area contributed by atoms with Crippen molar-refractivity contribution in [2.24, 2.45) is 0 Å². The van der Waals surface area contributed by atoms with Crippen LogP contribution in [0, 0.1) is 0 Å². The van der Waals surface area contributed by atoms with E-state index in [1.54, 1.807) is 0 Å². The van der Waals surface area contributed by atoms with Crippen LogP contribution in [0.15, 0.2) is 0 Å². The van der Waals surface area contributed by atoms with Crippen LogP contribution in [-0.2, 0) is 14.3 Å². The van der Waals surface area contributed by atoms with Crippen LogP contribution in [0.5, 0.6) is 0 Å². The van der Waals surface area contributed by atoms with Crippen molar-refractivity contribution in [3.63, 3.8) is 0 Å². The fourth-order valence-corrected chi connectivity index (χ4v) is 0.951. The predicted molar refractivity (Wildman–Crippen MR) is 40.5 cm³/mol. The first-order valence-electron chi connectivity index (χ1n) is 3.95. The van der Waals surface area contributed by atoms with E-state index in [-0.39, 0.29) is 19.0 Å². The number of ketones is 1. The molecule has 1 aliphatic carbocycles. The Morgan fingerprint density at radius 1 is 1.45 bits per heavy atom. The van der Waals surface area contributed by atoms with Gasteiger partial charge in [0.05, 0.1) is 6.10 Å². The van der Waals surface area contributed by atoms with Crippen LogP contribution in [0.1, 0.15) is 19.3 Å². The summed E-state index contributed by atoms with van der Waals surface area (Å²) >= 11 is 0. The summed E-state index contributed by atoms with van der Waals surface area (Å²) in [5, 5.41) is 0. The molecule has 1 fully saturated rings. The van der Waals surface area contributed by atoms with Crippen molar-refractivity contribution in [1.29, 1.82) is 0 Å². The van der Waals surface area contributed by atoms with Gasteiger partial charge in [0.1, 0.15) is 13.2 Å². The Morgan fingerprint density at radius 2 is 2.18 bits per heavy atom. The highest BCUT2D eigenvalue weighted by Crippen LogP contribution is 2.21. The van der Waals surface area contributed by atoms with E-state index in [1.807, 2.05) is 0 Å². The van der Waals surface area contributed by atoms with E-state index in [4.69, 9.17) is 4.74 Å². The molecule has 1 aliphatic rings. The zero-order valence-corrected chi connectivity index (χ0v) is 6.84. The second-order valence-electron chi connectivity index (χ2n) is 2.84. The fourth-order valence-electron chi connectivity index (χ4n) is 0.951. The molecule has 0 radical (unpaired) electrons. The lowest BCUT2D eigenvalue weighted by atomic mass is 9.96. The SMILES string of the molecule is COCC(=O)COC1CCC1. The Morgan fingerprint density at radius 3 is 2.64 bits per heavy atom. The van der Waals surface area contributed by atoms with E-state index in [9.17, 15) is 4.79 Å². The maximum atomic E-state index is 10.8. The number of Topliss-reactive ketones (excluding diaryl/α,β-unsaturated/α-hetero) is 1.